The molecule has 0 saturated carbocycles. The van der Waals surface area contributed by atoms with Crippen LogP contribution in [0.4, 0.5) is 0 Å². The normalized spacial score (nSPS) is 21.0. The molecule has 1 fully saturated rings. The maximum Gasteiger partial charge on any atom is 0.243 e. The molecule has 0 radical (unpaired) electrons. The fraction of sp³-hybridized carbons (Fsp3) is 0.308. The predicted octanol–water partition coefficient (Wildman–Crippen LogP) is 0.956. The summed E-state index contributed by atoms with van der Waals surface area (Å²) >= 11 is 0. The van der Waals surface area contributed by atoms with Gasteiger partial charge in [0.2, 0.25) is 10.0 Å². The van der Waals surface area contributed by atoms with Gasteiger partial charge in [-0.2, -0.15) is 4.31 Å². The molecular weight excluding hydrogens is 262 g/mol. The van der Waals surface area contributed by atoms with Crippen LogP contribution in [-0.2, 0) is 10.0 Å². The van der Waals surface area contributed by atoms with E-state index in [2.05, 4.69) is 4.98 Å². The highest BCUT2D eigenvalue weighted by molar-refractivity contribution is 7.89. The highest BCUT2D eigenvalue weighted by Gasteiger charge is 2.31. The van der Waals surface area contributed by atoms with E-state index in [1.807, 2.05) is 6.07 Å². The van der Waals surface area contributed by atoms with Crippen LogP contribution in [0.25, 0.3) is 10.9 Å². The largest absolute Gasteiger partial charge is 0.326 e. The maximum absolute atomic E-state index is 12.6. The van der Waals surface area contributed by atoms with Gasteiger partial charge in [0, 0.05) is 30.7 Å². The molecule has 100 valence electrons. The number of nitrogens with zero attached hydrogens (tertiary/aromatic N) is 2. The lowest BCUT2D eigenvalue weighted by Gasteiger charge is -2.17. The van der Waals surface area contributed by atoms with E-state index in [-0.39, 0.29) is 6.04 Å². The lowest BCUT2D eigenvalue weighted by molar-refractivity contribution is 0.473. The van der Waals surface area contributed by atoms with Gasteiger partial charge in [-0.15, -0.1) is 0 Å². The average Bonchev–Trinajstić information content (AvgIpc) is 2.85. The molecule has 3 rings (SSSR count). The van der Waals surface area contributed by atoms with E-state index in [1.54, 1.807) is 30.5 Å². The van der Waals surface area contributed by atoms with Gasteiger partial charge in [-0.3, -0.25) is 4.98 Å². The van der Waals surface area contributed by atoms with Crippen LogP contribution in [0, 0.1) is 0 Å². The summed E-state index contributed by atoms with van der Waals surface area (Å²) in [6, 6.07) is 8.62. The summed E-state index contributed by atoms with van der Waals surface area (Å²) in [7, 11) is -3.48. The van der Waals surface area contributed by atoms with Crippen LogP contribution >= 0.6 is 0 Å². The number of rotatable bonds is 2. The van der Waals surface area contributed by atoms with Gasteiger partial charge in [-0.25, -0.2) is 8.42 Å². The Morgan fingerprint density at radius 1 is 1.26 bits per heavy atom. The SMILES string of the molecule is NC1CCN(S(=O)(=O)c2cccc3ncccc23)C1. The van der Waals surface area contributed by atoms with Gasteiger partial charge in [0.25, 0.3) is 0 Å². The van der Waals surface area contributed by atoms with Gasteiger partial charge in [0.15, 0.2) is 0 Å². The van der Waals surface area contributed by atoms with Crippen molar-refractivity contribution in [3.05, 3.63) is 36.5 Å². The van der Waals surface area contributed by atoms with Crippen molar-refractivity contribution in [2.45, 2.75) is 17.4 Å². The molecule has 0 aliphatic carbocycles. The molecule has 1 aliphatic rings. The third-order valence-corrected chi connectivity index (χ3v) is 5.33. The second kappa shape index (κ2) is 4.56. The molecule has 2 aromatic rings. The predicted molar refractivity (Wildman–Crippen MR) is 73.1 cm³/mol. The summed E-state index contributed by atoms with van der Waals surface area (Å²) < 4.78 is 26.7. The first-order chi connectivity index (χ1) is 9.09. The number of aromatic nitrogens is 1. The zero-order chi connectivity index (χ0) is 13.5. The molecule has 2 N–H and O–H groups in total. The van der Waals surface area contributed by atoms with Crippen molar-refractivity contribution in [3.8, 4) is 0 Å². The van der Waals surface area contributed by atoms with E-state index in [4.69, 9.17) is 5.73 Å². The molecule has 5 nitrogen and oxygen atoms in total. The van der Waals surface area contributed by atoms with Crippen LogP contribution in [0.3, 0.4) is 0 Å². The maximum atomic E-state index is 12.6. The highest BCUT2D eigenvalue weighted by atomic mass is 32.2. The molecule has 0 bridgehead atoms. The summed E-state index contributed by atoms with van der Waals surface area (Å²) in [5, 5.41) is 0.658. The van der Waals surface area contributed by atoms with Gasteiger partial charge < -0.3 is 5.73 Å². The van der Waals surface area contributed by atoms with E-state index in [0.717, 1.165) is 0 Å². The first-order valence-corrected chi connectivity index (χ1v) is 7.62. The Labute approximate surface area is 112 Å². The Morgan fingerprint density at radius 3 is 2.84 bits per heavy atom. The van der Waals surface area contributed by atoms with Crippen molar-refractivity contribution in [3.63, 3.8) is 0 Å². The molecule has 19 heavy (non-hydrogen) atoms. The first kappa shape index (κ1) is 12.5. The number of benzene rings is 1. The lowest BCUT2D eigenvalue weighted by atomic mass is 10.2. The highest BCUT2D eigenvalue weighted by Crippen LogP contribution is 2.26. The molecule has 1 atom stereocenters. The summed E-state index contributed by atoms with van der Waals surface area (Å²) in [5.41, 5.74) is 6.48. The van der Waals surface area contributed by atoms with Crippen molar-refractivity contribution in [2.24, 2.45) is 5.73 Å². The molecule has 2 heterocycles. The summed E-state index contributed by atoms with van der Waals surface area (Å²) in [6.45, 7) is 0.874. The van der Waals surface area contributed by atoms with Gasteiger partial charge in [0.1, 0.15) is 0 Å². The van der Waals surface area contributed by atoms with Gasteiger partial charge in [-0.1, -0.05) is 6.07 Å². The Balaban J connectivity index is 2.14. The van der Waals surface area contributed by atoms with E-state index in [0.29, 0.717) is 35.3 Å². The van der Waals surface area contributed by atoms with E-state index >= 15 is 0 Å². The molecule has 1 unspecified atom stereocenters. The van der Waals surface area contributed by atoms with Crippen LogP contribution in [-0.4, -0.2) is 36.8 Å². The van der Waals surface area contributed by atoms with Crippen molar-refractivity contribution in [2.75, 3.05) is 13.1 Å². The Hall–Kier alpha value is -1.50. The van der Waals surface area contributed by atoms with E-state index in [9.17, 15) is 8.42 Å². The van der Waals surface area contributed by atoms with Crippen LogP contribution in [0.5, 0.6) is 0 Å². The first-order valence-electron chi connectivity index (χ1n) is 6.18. The molecule has 1 saturated heterocycles. The molecule has 1 aromatic carbocycles. The number of fused-ring (bicyclic) bond motifs is 1. The molecule has 0 spiro atoms. The summed E-state index contributed by atoms with van der Waals surface area (Å²) in [6.07, 6.45) is 2.37. The van der Waals surface area contributed by atoms with Crippen molar-refractivity contribution < 1.29 is 8.42 Å². The second-order valence-corrected chi connectivity index (χ2v) is 6.64. The standard InChI is InChI=1S/C13H15N3O2S/c14-10-6-8-16(9-10)19(17,18)13-5-1-4-12-11(13)3-2-7-15-12/h1-5,7,10H,6,8-9,14H2. The second-order valence-electron chi connectivity index (χ2n) is 4.74. The fourth-order valence-corrected chi connectivity index (χ4v) is 4.12. The molecular formula is C13H15N3O2S. The minimum atomic E-state index is -3.48. The number of sulfonamides is 1. The third-order valence-electron chi connectivity index (χ3n) is 3.41. The molecule has 1 aromatic heterocycles. The third kappa shape index (κ3) is 2.11. The Bertz CT molecular complexity index is 709. The topological polar surface area (TPSA) is 76.3 Å². The summed E-state index contributed by atoms with van der Waals surface area (Å²) in [5.74, 6) is 0. The van der Waals surface area contributed by atoms with Crippen LogP contribution in [0.1, 0.15) is 6.42 Å². The van der Waals surface area contributed by atoms with Gasteiger partial charge in [-0.05, 0) is 30.7 Å². The number of hydrogen-bond donors (Lipinski definition) is 1. The van der Waals surface area contributed by atoms with Gasteiger partial charge in [0.05, 0.1) is 10.4 Å². The van der Waals surface area contributed by atoms with E-state index < -0.39 is 10.0 Å². The Morgan fingerprint density at radius 2 is 2.11 bits per heavy atom. The smallest absolute Gasteiger partial charge is 0.243 e. The number of hydrogen-bond acceptors (Lipinski definition) is 4. The minimum Gasteiger partial charge on any atom is -0.326 e. The quantitative estimate of drug-likeness (QED) is 0.887. The summed E-state index contributed by atoms with van der Waals surface area (Å²) in [4.78, 5) is 4.50. The number of pyridine rings is 1. The fourth-order valence-electron chi connectivity index (χ4n) is 2.41. The van der Waals surface area contributed by atoms with Crippen LogP contribution < -0.4 is 5.73 Å². The van der Waals surface area contributed by atoms with Crippen molar-refractivity contribution in [1.29, 1.82) is 0 Å². The zero-order valence-corrected chi connectivity index (χ0v) is 11.2. The van der Waals surface area contributed by atoms with E-state index in [1.165, 1.54) is 4.31 Å². The van der Waals surface area contributed by atoms with Gasteiger partial charge >= 0.3 is 0 Å². The Kier molecular flexibility index (Phi) is 3.00. The van der Waals surface area contributed by atoms with Crippen molar-refractivity contribution >= 4 is 20.9 Å². The number of nitrogens with two attached hydrogens (primary N) is 1. The average molecular weight is 277 g/mol. The monoisotopic (exact) mass is 277 g/mol. The molecule has 1 aliphatic heterocycles. The van der Waals surface area contributed by atoms with Crippen LogP contribution in [0.15, 0.2) is 41.4 Å². The van der Waals surface area contributed by atoms with Crippen LogP contribution in [0.2, 0.25) is 0 Å². The lowest BCUT2D eigenvalue weighted by Crippen LogP contribution is -2.32. The molecule has 6 heteroatoms. The zero-order valence-electron chi connectivity index (χ0n) is 10.4. The van der Waals surface area contributed by atoms with Crippen molar-refractivity contribution in [1.82, 2.24) is 9.29 Å². The minimum absolute atomic E-state index is 0.0668. The molecule has 0 amide bonds.